The van der Waals surface area contributed by atoms with Gasteiger partial charge in [0.15, 0.2) is 18.6 Å². The third-order valence-electron chi connectivity index (χ3n) is 4.70. The van der Waals surface area contributed by atoms with Gasteiger partial charge >= 0.3 is 11.7 Å². The first-order chi connectivity index (χ1) is 13.6. The number of aliphatic hydroxyl groups is 5. The highest BCUT2D eigenvalue weighted by molar-refractivity contribution is 5.73. The predicted molar refractivity (Wildman–Crippen MR) is 89.1 cm³/mol. The van der Waals surface area contributed by atoms with Crippen LogP contribution in [-0.4, -0.2) is 102 Å². The van der Waals surface area contributed by atoms with E-state index in [-0.39, 0.29) is 5.82 Å². The number of carbonyl (C=O) groups is 1. The lowest BCUT2D eigenvalue weighted by atomic mass is 9.99. The van der Waals surface area contributed by atoms with Gasteiger partial charge in [-0.2, -0.15) is 4.98 Å². The van der Waals surface area contributed by atoms with Gasteiger partial charge in [0.05, 0.1) is 6.61 Å². The maximum atomic E-state index is 11.9. The van der Waals surface area contributed by atoms with Crippen LogP contribution in [0.5, 0.6) is 0 Å². The van der Waals surface area contributed by atoms with Crippen molar-refractivity contribution in [2.45, 2.75) is 55.2 Å². The highest BCUT2D eigenvalue weighted by Crippen LogP contribution is 2.30. The van der Waals surface area contributed by atoms with Gasteiger partial charge in [-0.1, -0.05) is 0 Å². The molecule has 14 heteroatoms. The topological polar surface area (TPSA) is 227 Å². The van der Waals surface area contributed by atoms with Crippen molar-refractivity contribution in [3.05, 3.63) is 22.7 Å². The fourth-order valence-corrected chi connectivity index (χ4v) is 3.10. The average Bonchev–Trinajstić information content (AvgIpc) is 2.94. The van der Waals surface area contributed by atoms with Crippen molar-refractivity contribution in [3.63, 3.8) is 0 Å². The summed E-state index contributed by atoms with van der Waals surface area (Å²) in [7, 11) is 0. The van der Waals surface area contributed by atoms with Crippen LogP contribution >= 0.6 is 0 Å². The summed E-state index contributed by atoms with van der Waals surface area (Å²) in [4.78, 5) is 26.5. The monoisotopic (exact) mass is 419 g/mol. The van der Waals surface area contributed by atoms with Crippen LogP contribution in [0.3, 0.4) is 0 Å². The van der Waals surface area contributed by atoms with Crippen molar-refractivity contribution in [2.75, 3.05) is 12.3 Å². The zero-order valence-corrected chi connectivity index (χ0v) is 14.8. The van der Waals surface area contributed by atoms with E-state index < -0.39 is 73.5 Å². The van der Waals surface area contributed by atoms with E-state index in [1.807, 2.05) is 0 Å². The number of anilines is 1. The molecular formula is C15H21N3O11. The highest BCUT2D eigenvalue weighted by atomic mass is 16.7. The Morgan fingerprint density at radius 3 is 2.41 bits per heavy atom. The molecule has 0 aliphatic carbocycles. The number of carboxylic acid groups (broad SMARTS) is 1. The number of rotatable bonds is 5. The Bertz CT molecular complexity index is 804. The SMILES string of the molecule is Nc1ccn([C@@H]2O[C@H](CO[C@@H]3O[C@H](C(=O)O)[C@@H](O)[C@H](O)[C@H]3O)[C@@H](O)[C@@H]2O)c(=O)n1. The first-order valence-corrected chi connectivity index (χ1v) is 8.52. The normalized spacial score (nSPS) is 40.1. The Labute approximate surface area is 162 Å². The standard InChI is InChI=1S/C15H21N3O11/c16-5-1-2-18(15(26)17-5)12-9(22)6(19)4(28-12)3-27-14-10(23)7(20)8(21)11(29-14)13(24)25/h1-2,4,6-12,14,19-23H,3H2,(H,24,25)(H2,16,17,26)/t4-,6-,7+,8+,9+,10-,11+,12-,14-/m1/s1. The van der Waals surface area contributed by atoms with E-state index in [1.54, 1.807) is 0 Å². The van der Waals surface area contributed by atoms with Crippen molar-refractivity contribution in [1.29, 1.82) is 0 Å². The zero-order chi connectivity index (χ0) is 21.5. The molecule has 0 amide bonds. The molecule has 2 aliphatic rings. The smallest absolute Gasteiger partial charge is 0.351 e. The van der Waals surface area contributed by atoms with Crippen molar-refractivity contribution in [3.8, 4) is 0 Å². The average molecular weight is 419 g/mol. The van der Waals surface area contributed by atoms with Crippen LogP contribution in [0.1, 0.15) is 6.23 Å². The van der Waals surface area contributed by atoms with Gasteiger partial charge in [-0.05, 0) is 6.07 Å². The second-order valence-electron chi connectivity index (χ2n) is 6.66. The molecule has 0 aromatic carbocycles. The van der Waals surface area contributed by atoms with E-state index >= 15 is 0 Å². The van der Waals surface area contributed by atoms with Gasteiger partial charge in [0.2, 0.25) is 0 Å². The third kappa shape index (κ3) is 4.10. The van der Waals surface area contributed by atoms with Gasteiger partial charge in [0, 0.05) is 6.20 Å². The Kier molecular flexibility index (Phi) is 6.16. The Hall–Kier alpha value is -2.17. The number of aromatic nitrogens is 2. The molecule has 1 aromatic heterocycles. The second-order valence-corrected chi connectivity index (χ2v) is 6.66. The minimum Gasteiger partial charge on any atom is -0.479 e. The zero-order valence-electron chi connectivity index (χ0n) is 14.8. The van der Waals surface area contributed by atoms with E-state index in [1.165, 1.54) is 12.3 Å². The van der Waals surface area contributed by atoms with Crippen LogP contribution in [0.4, 0.5) is 5.82 Å². The largest absolute Gasteiger partial charge is 0.479 e. The van der Waals surface area contributed by atoms with E-state index in [4.69, 9.17) is 25.1 Å². The van der Waals surface area contributed by atoms with Crippen LogP contribution in [0, 0.1) is 0 Å². The van der Waals surface area contributed by atoms with Crippen LogP contribution in [0.25, 0.3) is 0 Å². The van der Waals surface area contributed by atoms with E-state index in [0.717, 1.165) is 4.57 Å². The number of nitrogen functional groups attached to an aromatic ring is 1. The van der Waals surface area contributed by atoms with Crippen LogP contribution in [-0.2, 0) is 19.0 Å². The molecule has 14 nitrogen and oxygen atoms in total. The van der Waals surface area contributed by atoms with E-state index in [2.05, 4.69) is 4.98 Å². The summed E-state index contributed by atoms with van der Waals surface area (Å²) in [5, 5.41) is 58.7. The molecule has 2 aliphatic heterocycles. The maximum Gasteiger partial charge on any atom is 0.351 e. The summed E-state index contributed by atoms with van der Waals surface area (Å²) in [5.74, 6) is -1.63. The minimum absolute atomic E-state index is 0.0451. The molecule has 8 N–H and O–H groups in total. The van der Waals surface area contributed by atoms with Gasteiger partial charge < -0.3 is 50.6 Å². The molecule has 9 atom stereocenters. The van der Waals surface area contributed by atoms with Gasteiger partial charge in [-0.3, -0.25) is 4.57 Å². The van der Waals surface area contributed by atoms with Crippen LogP contribution in [0.15, 0.2) is 17.1 Å². The van der Waals surface area contributed by atoms with Gasteiger partial charge in [-0.25, -0.2) is 9.59 Å². The quantitative estimate of drug-likeness (QED) is 0.238. The number of aliphatic carboxylic acids is 1. The molecule has 2 saturated heterocycles. The number of hydrogen-bond acceptors (Lipinski definition) is 12. The molecule has 3 rings (SSSR count). The predicted octanol–water partition coefficient (Wildman–Crippen LogP) is -4.65. The summed E-state index contributed by atoms with van der Waals surface area (Å²) in [5.41, 5.74) is 4.57. The molecular weight excluding hydrogens is 398 g/mol. The molecule has 29 heavy (non-hydrogen) atoms. The van der Waals surface area contributed by atoms with E-state index in [0.29, 0.717) is 0 Å². The van der Waals surface area contributed by atoms with Crippen LogP contribution in [0.2, 0.25) is 0 Å². The van der Waals surface area contributed by atoms with E-state index in [9.17, 15) is 35.1 Å². The second kappa shape index (κ2) is 8.29. The molecule has 0 saturated carbocycles. The van der Waals surface area contributed by atoms with Gasteiger partial charge in [0.25, 0.3) is 0 Å². The molecule has 0 bridgehead atoms. The molecule has 0 spiro atoms. The first-order valence-electron chi connectivity index (χ1n) is 8.52. The summed E-state index contributed by atoms with van der Waals surface area (Å²) >= 11 is 0. The lowest BCUT2D eigenvalue weighted by molar-refractivity contribution is -0.299. The summed E-state index contributed by atoms with van der Waals surface area (Å²) in [6.45, 7) is -0.511. The summed E-state index contributed by atoms with van der Waals surface area (Å²) < 4.78 is 16.5. The van der Waals surface area contributed by atoms with Crippen molar-refractivity contribution < 1.29 is 49.6 Å². The molecule has 2 fully saturated rings. The van der Waals surface area contributed by atoms with Crippen LogP contribution < -0.4 is 11.4 Å². The minimum atomic E-state index is -1.88. The Balaban J connectivity index is 1.67. The lowest BCUT2D eigenvalue weighted by Gasteiger charge is -2.38. The van der Waals surface area contributed by atoms with Crippen molar-refractivity contribution in [1.82, 2.24) is 9.55 Å². The molecule has 3 heterocycles. The molecule has 0 unspecified atom stereocenters. The number of nitrogens with two attached hydrogens (primary N) is 1. The highest BCUT2D eigenvalue weighted by Gasteiger charge is 2.49. The molecule has 0 radical (unpaired) electrons. The summed E-state index contributed by atoms with van der Waals surface area (Å²) in [6.07, 6.45) is -13.4. The van der Waals surface area contributed by atoms with Gasteiger partial charge in [-0.15, -0.1) is 0 Å². The number of hydrogen-bond donors (Lipinski definition) is 7. The van der Waals surface area contributed by atoms with Crippen molar-refractivity contribution >= 4 is 11.8 Å². The number of aliphatic hydroxyl groups excluding tert-OH is 5. The lowest BCUT2D eigenvalue weighted by Crippen LogP contribution is -2.60. The number of carboxylic acids is 1. The first kappa shape index (κ1) is 21.5. The fourth-order valence-electron chi connectivity index (χ4n) is 3.10. The van der Waals surface area contributed by atoms with Crippen molar-refractivity contribution in [2.24, 2.45) is 0 Å². The fraction of sp³-hybridized carbons (Fsp3) is 0.667. The van der Waals surface area contributed by atoms with Gasteiger partial charge in [0.1, 0.15) is 42.4 Å². The maximum absolute atomic E-state index is 11.9. The Morgan fingerprint density at radius 1 is 1.10 bits per heavy atom. The molecule has 162 valence electrons. The summed E-state index contributed by atoms with van der Waals surface area (Å²) in [6, 6.07) is 1.29. The number of ether oxygens (including phenoxy) is 3. The number of nitrogens with zero attached hydrogens (tertiary/aromatic N) is 2. The third-order valence-corrected chi connectivity index (χ3v) is 4.70. The Morgan fingerprint density at radius 2 is 1.79 bits per heavy atom. The molecule has 1 aromatic rings.